The van der Waals surface area contributed by atoms with E-state index >= 15 is 0 Å². The molecule has 0 bridgehead atoms. The summed E-state index contributed by atoms with van der Waals surface area (Å²) in [5.41, 5.74) is 1.17. The molecule has 3 N–H and O–H groups in total. The molecule has 132 valence electrons. The van der Waals surface area contributed by atoms with Crippen LogP contribution in [-0.4, -0.2) is 35.2 Å². The number of para-hydroxylation sites is 1. The zero-order valence-corrected chi connectivity index (χ0v) is 13.9. The number of carbonyl (C=O) groups is 3. The van der Waals surface area contributed by atoms with Gasteiger partial charge in [-0.2, -0.15) is 5.10 Å². The lowest BCUT2D eigenvalue weighted by Crippen LogP contribution is -2.41. The van der Waals surface area contributed by atoms with Crippen molar-refractivity contribution in [3.8, 4) is 0 Å². The van der Waals surface area contributed by atoms with Gasteiger partial charge in [0.15, 0.2) is 5.69 Å². The van der Waals surface area contributed by atoms with Crippen LogP contribution in [0.4, 0.5) is 4.79 Å². The molecule has 0 spiro atoms. The van der Waals surface area contributed by atoms with Crippen LogP contribution in [0.5, 0.6) is 0 Å². The largest absolute Gasteiger partial charge is 0.442 e. The molecule has 0 aliphatic rings. The summed E-state index contributed by atoms with van der Waals surface area (Å²) in [6, 6.07) is 14.8. The Kier molecular flexibility index (Phi) is 4.93. The summed E-state index contributed by atoms with van der Waals surface area (Å²) in [5, 5.41) is 11.7. The number of hydrogen-bond donors (Lipinski definition) is 3. The summed E-state index contributed by atoms with van der Waals surface area (Å²) >= 11 is 0. The van der Waals surface area contributed by atoms with Crippen molar-refractivity contribution in [2.75, 3.05) is 7.05 Å². The van der Waals surface area contributed by atoms with Crippen molar-refractivity contribution in [3.63, 3.8) is 0 Å². The second-order valence-corrected chi connectivity index (χ2v) is 5.38. The monoisotopic (exact) mass is 352 g/mol. The second-order valence-electron chi connectivity index (χ2n) is 5.38. The fourth-order valence-corrected chi connectivity index (χ4v) is 2.42. The highest BCUT2D eigenvalue weighted by molar-refractivity contribution is 6.03. The molecule has 0 aliphatic carbocycles. The van der Waals surface area contributed by atoms with Crippen molar-refractivity contribution in [2.24, 2.45) is 0 Å². The van der Waals surface area contributed by atoms with Gasteiger partial charge in [-0.1, -0.05) is 48.5 Å². The molecule has 8 heteroatoms. The average Bonchev–Trinajstić information content (AvgIpc) is 3.10. The zero-order valence-electron chi connectivity index (χ0n) is 13.9. The maximum absolute atomic E-state index is 12.6. The lowest BCUT2D eigenvalue weighted by Gasteiger charge is -2.17. The lowest BCUT2D eigenvalue weighted by molar-refractivity contribution is -0.129. The highest BCUT2D eigenvalue weighted by atomic mass is 16.5. The van der Waals surface area contributed by atoms with Crippen LogP contribution in [-0.2, 0) is 9.53 Å². The highest BCUT2D eigenvalue weighted by Gasteiger charge is 2.28. The Morgan fingerprint density at radius 2 is 1.73 bits per heavy atom. The summed E-state index contributed by atoms with van der Waals surface area (Å²) < 4.78 is 5.38. The minimum Gasteiger partial charge on any atom is -0.442 e. The molecule has 3 aromatic rings. The number of imide groups is 1. The van der Waals surface area contributed by atoms with Gasteiger partial charge in [0.25, 0.3) is 5.91 Å². The predicted octanol–water partition coefficient (Wildman–Crippen LogP) is 1.92. The van der Waals surface area contributed by atoms with Gasteiger partial charge in [-0.25, -0.2) is 9.59 Å². The van der Waals surface area contributed by atoms with E-state index in [-0.39, 0.29) is 5.69 Å². The van der Waals surface area contributed by atoms with Crippen LogP contribution < -0.4 is 10.6 Å². The van der Waals surface area contributed by atoms with Crippen molar-refractivity contribution in [1.82, 2.24) is 20.8 Å². The molecule has 0 saturated heterocycles. The molecule has 0 aliphatic heterocycles. The number of esters is 1. The maximum Gasteiger partial charge on any atom is 0.360 e. The molecule has 26 heavy (non-hydrogen) atoms. The SMILES string of the molecule is CNC(=O)NC(=O)[C@@H](OC(=O)c1n[nH]c2ccccc12)c1ccccc1. The van der Waals surface area contributed by atoms with Gasteiger partial charge in [0.05, 0.1) is 5.52 Å². The van der Waals surface area contributed by atoms with E-state index in [9.17, 15) is 14.4 Å². The van der Waals surface area contributed by atoms with Crippen LogP contribution in [0.2, 0.25) is 0 Å². The van der Waals surface area contributed by atoms with Crippen LogP contribution in [0.1, 0.15) is 22.2 Å². The molecular weight excluding hydrogens is 336 g/mol. The molecule has 0 saturated carbocycles. The van der Waals surface area contributed by atoms with Gasteiger partial charge in [-0.3, -0.25) is 15.2 Å². The van der Waals surface area contributed by atoms with E-state index in [1.54, 1.807) is 54.6 Å². The van der Waals surface area contributed by atoms with E-state index in [2.05, 4.69) is 20.8 Å². The number of ether oxygens (including phenoxy) is 1. The number of benzene rings is 2. The molecule has 3 rings (SSSR count). The van der Waals surface area contributed by atoms with Crippen LogP contribution in [0, 0.1) is 0 Å². The number of amides is 3. The van der Waals surface area contributed by atoms with E-state index < -0.39 is 24.0 Å². The molecule has 1 atom stereocenters. The van der Waals surface area contributed by atoms with Gasteiger partial charge in [0, 0.05) is 18.0 Å². The first-order chi connectivity index (χ1) is 12.6. The van der Waals surface area contributed by atoms with Crippen molar-refractivity contribution in [2.45, 2.75) is 6.10 Å². The van der Waals surface area contributed by atoms with E-state index in [0.29, 0.717) is 16.5 Å². The molecule has 1 aromatic heterocycles. The van der Waals surface area contributed by atoms with Crippen molar-refractivity contribution < 1.29 is 19.1 Å². The molecule has 3 amide bonds. The molecule has 0 unspecified atom stereocenters. The number of hydrogen-bond acceptors (Lipinski definition) is 5. The summed E-state index contributed by atoms with van der Waals surface area (Å²) in [6.07, 6.45) is -1.29. The van der Waals surface area contributed by atoms with Crippen LogP contribution in [0.15, 0.2) is 54.6 Å². The van der Waals surface area contributed by atoms with Gasteiger partial charge >= 0.3 is 12.0 Å². The fraction of sp³-hybridized carbons (Fsp3) is 0.111. The maximum atomic E-state index is 12.6. The second kappa shape index (κ2) is 7.47. The molecule has 2 aromatic carbocycles. The number of H-pyrrole nitrogens is 1. The number of nitrogens with one attached hydrogen (secondary N) is 3. The summed E-state index contributed by atoms with van der Waals surface area (Å²) in [5.74, 6) is -1.54. The van der Waals surface area contributed by atoms with Crippen molar-refractivity contribution >= 4 is 28.8 Å². The average molecular weight is 352 g/mol. The van der Waals surface area contributed by atoms with E-state index in [0.717, 1.165) is 0 Å². The summed E-state index contributed by atoms with van der Waals surface area (Å²) in [6.45, 7) is 0. The Labute approximate surface area is 148 Å². The number of fused-ring (bicyclic) bond motifs is 1. The molecular formula is C18H16N4O4. The fourth-order valence-electron chi connectivity index (χ4n) is 2.42. The van der Waals surface area contributed by atoms with Crippen LogP contribution in [0.3, 0.4) is 0 Å². The van der Waals surface area contributed by atoms with Gasteiger partial charge in [-0.15, -0.1) is 0 Å². The normalized spacial score (nSPS) is 11.6. The Hall–Kier alpha value is -3.68. The smallest absolute Gasteiger partial charge is 0.360 e. The number of aromatic nitrogens is 2. The first-order valence-electron chi connectivity index (χ1n) is 7.81. The Bertz CT molecular complexity index is 952. The molecule has 0 fully saturated rings. The number of nitrogens with zero attached hydrogens (tertiary/aromatic N) is 1. The summed E-state index contributed by atoms with van der Waals surface area (Å²) in [7, 11) is 1.38. The predicted molar refractivity (Wildman–Crippen MR) is 93.3 cm³/mol. The van der Waals surface area contributed by atoms with Crippen molar-refractivity contribution in [1.29, 1.82) is 0 Å². The van der Waals surface area contributed by atoms with Crippen LogP contribution >= 0.6 is 0 Å². The standard InChI is InChI=1S/C18H16N4O4/c1-19-18(25)20-16(23)15(11-7-3-2-4-8-11)26-17(24)14-12-9-5-6-10-13(12)21-22-14/h2-10,15H,1H3,(H,21,22)(H2,19,20,23,25)/t15-/m0/s1. The Morgan fingerprint density at radius 3 is 2.46 bits per heavy atom. The minimum absolute atomic E-state index is 0.0641. The van der Waals surface area contributed by atoms with E-state index in [1.165, 1.54) is 7.05 Å². The zero-order chi connectivity index (χ0) is 18.5. The van der Waals surface area contributed by atoms with Gasteiger partial charge < -0.3 is 10.1 Å². The van der Waals surface area contributed by atoms with Gasteiger partial charge in [0.1, 0.15) is 0 Å². The molecule has 0 radical (unpaired) electrons. The molecule has 8 nitrogen and oxygen atoms in total. The molecule has 1 heterocycles. The lowest BCUT2D eigenvalue weighted by atomic mass is 10.1. The third-order valence-corrected chi connectivity index (χ3v) is 3.69. The Morgan fingerprint density at radius 1 is 1.04 bits per heavy atom. The van der Waals surface area contributed by atoms with Crippen LogP contribution in [0.25, 0.3) is 10.9 Å². The third kappa shape index (κ3) is 3.54. The third-order valence-electron chi connectivity index (χ3n) is 3.69. The quantitative estimate of drug-likeness (QED) is 0.621. The first-order valence-corrected chi connectivity index (χ1v) is 7.81. The van der Waals surface area contributed by atoms with E-state index in [1.807, 2.05) is 0 Å². The van der Waals surface area contributed by atoms with E-state index in [4.69, 9.17) is 4.74 Å². The first kappa shape index (κ1) is 17.2. The Balaban J connectivity index is 1.88. The van der Waals surface area contributed by atoms with Gasteiger partial charge in [-0.05, 0) is 6.07 Å². The minimum atomic E-state index is -1.29. The summed E-state index contributed by atoms with van der Waals surface area (Å²) in [4.78, 5) is 36.4. The van der Waals surface area contributed by atoms with Crippen molar-refractivity contribution in [3.05, 3.63) is 65.9 Å². The number of rotatable bonds is 4. The van der Waals surface area contributed by atoms with Gasteiger partial charge in [0.2, 0.25) is 6.10 Å². The number of aromatic amines is 1. The number of urea groups is 1. The number of carbonyl (C=O) groups excluding carboxylic acids is 3. The highest BCUT2D eigenvalue weighted by Crippen LogP contribution is 2.22. The topological polar surface area (TPSA) is 113 Å².